The first-order valence-electron chi connectivity index (χ1n) is 6.62. The van der Waals surface area contributed by atoms with Gasteiger partial charge in [0.1, 0.15) is 6.42 Å². The van der Waals surface area contributed by atoms with Gasteiger partial charge in [0.2, 0.25) is 5.91 Å². The van der Waals surface area contributed by atoms with Crippen molar-refractivity contribution in [3.8, 4) is 6.07 Å². The lowest BCUT2D eigenvalue weighted by Crippen LogP contribution is -2.34. The monoisotopic (exact) mass is 281 g/mol. The van der Waals surface area contributed by atoms with E-state index in [2.05, 4.69) is 10.6 Å². The van der Waals surface area contributed by atoms with Gasteiger partial charge in [-0.05, 0) is 16.8 Å². The van der Waals surface area contributed by atoms with E-state index in [1.54, 1.807) is 12.1 Å². The van der Waals surface area contributed by atoms with E-state index >= 15 is 0 Å². The lowest BCUT2D eigenvalue weighted by atomic mass is 10.0. The Morgan fingerprint density at radius 1 is 1.00 bits per heavy atom. The smallest absolute Gasteiger partial charge is 0.251 e. The number of nitriles is 1. The summed E-state index contributed by atoms with van der Waals surface area (Å²) in [5.41, 5.74) is 0.608. The Morgan fingerprint density at radius 2 is 1.71 bits per heavy atom. The zero-order chi connectivity index (χ0) is 15.1. The van der Waals surface area contributed by atoms with Gasteiger partial charge in [-0.15, -0.1) is 0 Å². The van der Waals surface area contributed by atoms with Crippen LogP contribution in [-0.2, 0) is 4.79 Å². The number of fused-ring (bicyclic) bond motifs is 1. The maximum Gasteiger partial charge on any atom is 0.251 e. The van der Waals surface area contributed by atoms with Crippen molar-refractivity contribution in [2.45, 2.75) is 6.42 Å². The molecule has 5 heteroatoms. The second-order valence-corrected chi connectivity index (χ2v) is 4.47. The minimum absolute atomic E-state index is 0.169. The molecule has 106 valence electrons. The number of hydrogen-bond donors (Lipinski definition) is 2. The number of hydrogen-bond acceptors (Lipinski definition) is 3. The van der Waals surface area contributed by atoms with Crippen LogP contribution in [0, 0.1) is 11.3 Å². The molecule has 0 saturated carbocycles. The third-order valence-electron chi connectivity index (χ3n) is 3.01. The molecule has 0 heterocycles. The minimum Gasteiger partial charge on any atom is -0.353 e. The Labute approximate surface area is 122 Å². The fraction of sp³-hybridized carbons (Fsp3) is 0.188. The summed E-state index contributed by atoms with van der Waals surface area (Å²) in [6.45, 7) is 0.621. The highest BCUT2D eigenvalue weighted by atomic mass is 16.2. The SMILES string of the molecule is N#CCC(=O)NCCNC(=O)c1cccc2ccccc12. The molecule has 0 unspecified atom stereocenters. The fourth-order valence-corrected chi connectivity index (χ4v) is 2.03. The summed E-state index contributed by atoms with van der Waals surface area (Å²) in [5.74, 6) is -0.516. The van der Waals surface area contributed by atoms with Crippen molar-refractivity contribution in [1.29, 1.82) is 5.26 Å². The van der Waals surface area contributed by atoms with E-state index < -0.39 is 0 Å². The van der Waals surface area contributed by atoms with Crippen LogP contribution in [-0.4, -0.2) is 24.9 Å². The Bertz CT molecular complexity index is 699. The van der Waals surface area contributed by atoms with Crippen molar-refractivity contribution in [3.05, 3.63) is 48.0 Å². The highest BCUT2D eigenvalue weighted by Crippen LogP contribution is 2.18. The maximum absolute atomic E-state index is 12.2. The Kier molecular flexibility index (Phi) is 4.89. The van der Waals surface area contributed by atoms with E-state index in [0.717, 1.165) is 10.8 Å². The van der Waals surface area contributed by atoms with Crippen molar-refractivity contribution in [3.63, 3.8) is 0 Å². The maximum atomic E-state index is 12.2. The number of amides is 2. The van der Waals surface area contributed by atoms with Crippen LogP contribution in [0.5, 0.6) is 0 Å². The van der Waals surface area contributed by atoms with Crippen LogP contribution in [0.25, 0.3) is 10.8 Å². The first-order chi connectivity index (χ1) is 10.2. The second-order valence-electron chi connectivity index (χ2n) is 4.47. The molecule has 2 amide bonds. The first-order valence-corrected chi connectivity index (χ1v) is 6.62. The van der Waals surface area contributed by atoms with Gasteiger partial charge in [0.25, 0.3) is 5.91 Å². The van der Waals surface area contributed by atoms with E-state index in [1.807, 2.05) is 36.4 Å². The van der Waals surface area contributed by atoms with Crippen LogP contribution in [0.15, 0.2) is 42.5 Å². The van der Waals surface area contributed by atoms with Gasteiger partial charge in [0.15, 0.2) is 0 Å². The molecule has 0 aliphatic rings. The topological polar surface area (TPSA) is 82.0 Å². The normalized spacial score (nSPS) is 9.86. The highest BCUT2D eigenvalue weighted by molar-refractivity contribution is 6.07. The van der Waals surface area contributed by atoms with Gasteiger partial charge >= 0.3 is 0 Å². The number of nitrogens with zero attached hydrogens (tertiary/aromatic N) is 1. The molecule has 21 heavy (non-hydrogen) atoms. The van der Waals surface area contributed by atoms with Gasteiger partial charge in [-0.3, -0.25) is 9.59 Å². The molecule has 0 bridgehead atoms. The molecule has 0 fully saturated rings. The van der Waals surface area contributed by atoms with Crippen LogP contribution in [0.2, 0.25) is 0 Å². The van der Waals surface area contributed by atoms with E-state index in [-0.39, 0.29) is 18.2 Å². The molecular formula is C16H15N3O2. The number of carbonyl (C=O) groups is 2. The van der Waals surface area contributed by atoms with Crippen molar-refractivity contribution in [2.75, 3.05) is 13.1 Å². The fourth-order valence-electron chi connectivity index (χ4n) is 2.03. The number of rotatable bonds is 5. The van der Waals surface area contributed by atoms with Crippen LogP contribution >= 0.6 is 0 Å². The van der Waals surface area contributed by atoms with Gasteiger partial charge in [-0.2, -0.15) is 5.26 Å². The standard InChI is InChI=1S/C16H15N3O2/c17-9-8-15(20)18-10-11-19-16(21)14-7-3-5-12-4-1-2-6-13(12)14/h1-7H,8,10-11H2,(H,18,20)(H,19,21). The summed E-state index contributed by atoms with van der Waals surface area (Å²) in [7, 11) is 0. The molecule has 0 atom stereocenters. The summed E-state index contributed by atoms with van der Waals surface area (Å²) < 4.78 is 0. The van der Waals surface area contributed by atoms with E-state index in [1.165, 1.54) is 0 Å². The Balaban J connectivity index is 1.94. The summed E-state index contributed by atoms with van der Waals surface area (Å²) in [6, 6.07) is 15.0. The molecule has 5 nitrogen and oxygen atoms in total. The summed E-state index contributed by atoms with van der Waals surface area (Å²) in [6.07, 6.45) is -0.169. The average molecular weight is 281 g/mol. The van der Waals surface area contributed by atoms with Crippen molar-refractivity contribution < 1.29 is 9.59 Å². The lowest BCUT2D eigenvalue weighted by molar-refractivity contribution is -0.120. The molecule has 0 radical (unpaired) electrons. The molecule has 0 aromatic heterocycles. The quantitative estimate of drug-likeness (QED) is 0.817. The highest BCUT2D eigenvalue weighted by Gasteiger charge is 2.08. The minimum atomic E-state index is -0.336. The van der Waals surface area contributed by atoms with Crippen molar-refractivity contribution >= 4 is 22.6 Å². The number of carbonyl (C=O) groups excluding carboxylic acids is 2. The molecule has 2 N–H and O–H groups in total. The first kappa shape index (κ1) is 14.5. The molecule has 2 aromatic carbocycles. The zero-order valence-electron chi connectivity index (χ0n) is 11.4. The molecule has 0 spiro atoms. The summed E-state index contributed by atoms with van der Waals surface area (Å²) in [5, 5.41) is 15.6. The average Bonchev–Trinajstić information content (AvgIpc) is 2.51. The third-order valence-corrected chi connectivity index (χ3v) is 3.01. The third kappa shape index (κ3) is 3.80. The van der Waals surface area contributed by atoms with Gasteiger partial charge in [0.05, 0.1) is 6.07 Å². The Morgan fingerprint density at radius 3 is 2.52 bits per heavy atom. The zero-order valence-corrected chi connectivity index (χ0v) is 11.4. The summed E-state index contributed by atoms with van der Waals surface area (Å²) >= 11 is 0. The van der Waals surface area contributed by atoms with Crippen molar-refractivity contribution in [1.82, 2.24) is 10.6 Å². The van der Waals surface area contributed by atoms with Gasteiger partial charge < -0.3 is 10.6 Å². The second kappa shape index (κ2) is 7.06. The van der Waals surface area contributed by atoms with Crippen LogP contribution < -0.4 is 10.6 Å². The predicted molar refractivity (Wildman–Crippen MR) is 79.5 cm³/mol. The predicted octanol–water partition coefficient (Wildman–Crippen LogP) is 1.60. The lowest BCUT2D eigenvalue weighted by Gasteiger charge is -2.08. The molecule has 0 aliphatic carbocycles. The van der Waals surface area contributed by atoms with Gasteiger partial charge in [-0.25, -0.2) is 0 Å². The molecule has 2 rings (SSSR count). The number of benzene rings is 2. The molecular weight excluding hydrogens is 266 g/mol. The molecule has 0 saturated heterocycles. The van der Waals surface area contributed by atoms with Crippen LogP contribution in [0.1, 0.15) is 16.8 Å². The van der Waals surface area contributed by atoms with E-state index in [9.17, 15) is 9.59 Å². The van der Waals surface area contributed by atoms with Gasteiger partial charge in [-0.1, -0.05) is 36.4 Å². The largest absolute Gasteiger partial charge is 0.353 e. The molecule has 0 aliphatic heterocycles. The summed E-state index contributed by atoms with van der Waals surface area (Å²) in [4.78, 5) is 23.2. The van der Waals surface area contributed by atoms with E-state index in [0.29, 0.717) is 18.7 Å². The van der Waals surface area contributed by atoms with Crippen molar-refractivity contribution in [2.24, 2.45) is 0 Å². The van der Waals surface area contributed by atoms with Crippen LogP contribution in [0.3, 0.4) is 0 Å². The number of nitrogens with one attached hydrogen (secondary N) is 2. The van der Waals surface area contributed by atoms with Crippen LogP contribution in [0.4, 0.5) is 0 Å². The van der Waals surface area contributed by atoms with Gasteiger partial charge in [0, 0.05) is 18.7 Å². The van der Waals surface area contributed by atoms with E-state index in [4.69, 9.17) is 5.26 Å². The molecule has 2 aromatic rings. The Hall–Kier alpha value is -2.87.